The molecule has 0 bridgehead atoms. The van der Waals surface area contributed by atoms with Gasteiger partial charge < -0.3 is 9.84 Å². The van der Waals surface area contributed by atoms with Crippen molar-refractivity contribution in [1.82, 2.24) is 0 Å². The van der Waals surface area contributed by atoms with Crippen LogP contribution in [-0.4, -0.2) is 23.6 Å². The van der Waals surface area contributed by atoms with E-state index in [1.54, 1.807) is 6.92 Å². The van der Waals surface area contributed by atoms with Crippen LogP contribution >= 0.6 is 0 Å². The maximum absolute atomic E-state index is 11.7. The lowest BCUT2D eigenvalue weighted by Crippen LogP contribution is -2.15. The molecule has 94 valence electrons. The first-order valence-corrected chi connectivity index (χ1v) is 5.90. The van der Waals surface area contributed by atoms with Crippen LogP contribution in [0.15, 0.2) is 47.2 Å². The lowest BCUT2D eigenvalue weighted by atomic mass is 9.97. The van der Waals surface area contributed by atoms with Crippen molar-refractivity contribution in [1.29, 1.82) is 0 Å². The van der Waals surface area contributed by atoms with Crippen molar-refractivity contribution in [2.24, 2.45) is 0 Å². The van der Waals surface area contributed by atoms with Crippen LogP contribution in [0.3, 0.4) is 0 Å². The number of benzene rings is 1. The Bertz CT molecular complexity index is 512. The van der Waals surface area contributed by atoms with Crippen LogP contribution in [0.5, 0.6) is 0 Å². The van der Waals surface area contributed by atoms with Gasteiger partial charge in [-0.1, -0.05) is 30.3 Å². The molecule has 1 atom stereocenters. The summed E-state index contributed by atoms with van der Waals surface area (Å²) in [6.07, 6.45) is 1.46. The molecule has 1 heterocycles. The number of aliphatic hydroxyl groups excluding tert-OH is 1. The molecule has 0 saturated carbocycles. The minimum absolute atomic E-state index is 0.0365. The summed E-state index contributed by atoms with van der Waals surface area (Å²) in [6.45, 7) is 3.14. The van der Waals surface area contributed by atoms with Crippen LogP contribution in [-0.2, 0) is 9.53 Å². The van der Waals surface area contributed by atoms with Gasteiger partial charge in [0.2, 0.25) is 0 Å². The van der Waals surface area contributed by atoms with E-state index in [0.717, 1.165) is 11.1 Å². The smallest absolute Gasteiger partial charge is 0.163 e. The second kappa shape index (κ2) is 5.19. The largest absolute Gasteiger partial charge is 0.487 e. The molecule has 0 radical (unpaired) electrons. The average Bonchev–Trinajstić information content (AvgIpc) is 2.67. The van der Waals surface area contributed by atoms with Crippen molar-refractivity contribution in [2.75, 3.05) is 6.61 Å². The van der Waals surface area contributed by atoms with Crippen molar-refractivity contribution in [3.63, 3.8) is 0 Å². The minimum Gasteiger partial charge on any atom is -0.487 e. The second-order valence-electron chi connectivity index (χ2n) is 4.29. The molecular formula is C15H16O3. The van der Waals surface area contributed by atoms with Crippen LogP contribution in [0.2, 0.25) is 0 Å². The van der Waals surface area contributed by atoms with Crippen molar-refractivity contribution >= 4 is 11.9 Å². The Morgan fingerprint density at radius 2 is 2.06 bits per heavy atom. The van der Waals surface area contributed by atoms with E-state index < -0.39 is 6.10 Å². The van der Waals surface area contributed by atoms with Crippen molar-refractivity contribution in [3.05, 3.63) is 52.8 Å². The summed E-state index contributed by atoms with van der Waals surface area (Å²) in [5, 5.41) is 9.33. The fourth-order valence-electron chi connectivity index (χ4n) is 2.18. The Kier molecular flexibility index (Phi) is 3.63. The van der Waals surface area contributed by atoms with E-state index in [0.29, 0.717) is 11.3 Å². The number of hydrogen-bond acceptors (Lipinski definition) is 3. The number of ketones is 1. The van der Waals surface area contributed by atoms with Gasteiger partial charge in [-0.2, -0.15) is 0 Å². The van der Waals surface area contributed by atoms with Gasteiger partial charge in [-0.25, -0.2) is 0 Å². The predicted octanol–water partition coefficient (Wildman–Crippen LogP) is 2.32. The molecule has 0 spiro atoms. The number of Topliss-reactive ketones (excluding diaryl/α,β-unsaturated/α-hetero) is 1. The first-order valence-electron chi connectivity index (χ1n) is 5.90. The van der Waals surface area contributed by atoms with Crippen molar-refractivity contribution in [2.45, 2.75) is 20.0 Å². The van der Waals surface area contributed by atoms with Crippen LogP contribution in [0, 0.1) is 0 Å². The number of carbonyl (C=O) groups is 1. The fraction of sp³-hybridized carbons (Fsp3) is 0.267. The van der Waals surface area contributed by atoms with Gasteiger partial charge in [-0.15, -0.1) is 0 Å². The van der Waals surface area contributed by atoms with E-state index in [4.69, 9.17) is 4.74 Å². The molecule has 0 saturated heterocycles. The molecule has 3 heteroatoms. The zero-order valence-corrected chi connectivity index (χ0v) is 10.5. The highest BCUT2D eigenvalue weighted by Gasteiger charge is 2.30. The number of allylic oxidation sites excluding steroid dienone is 1. The second-order valence-corrected chi connectivity index (χ2v) is 4.29. The van der Waals surface area contributed by atoms with E-state index in [9.17, 15) is 9.90 Å². The molecule has 0 aromatic heterocycles. The Morgan fingerprint density at radius 3 is 2.61 bits per heavy atom. The number of aliphatic hydroxyl groups is 1. The Hall–Kier alpha value is -1.87. The number of carbonyl (C=O) groups excluding carboxylic acids is 1. The average molecular weight is 244 g/mol. The molecule has 1 aromatic carbocycles. The number of rotatable bonds is 3. The third kappa shape index (κ3) is 2.36. The molecule has 0 aliphatic carbocycles. The molecule has 18 heavy (non-hydrogen) atoms. The van der Waals surface area contributed by atoms with Gasteiger partial charge in [0.15, 0.2) is 5.78 Å². The predicted molar refractivity (Wildman–Crippen MR) is 69.8 cm³/mol. The Morgan fingerprint density at radius 1 is 1.39 bits per heavy atom. The van der Waals surface area contributed by atoms with Crippen LogP contribution < -0.4 is 0 Å². The molecule has 0 fully saturated rings. The van der Waals surface area contributed by atoms with Gasteiger partial charge in [0.05, 0.1) is 12.2 Å². The maximum atomic E-state index is 11.7. The number of hydrogen-bond donors (Lipinski definition) is 1. The summed E-state index contributed by atoms with van der Waals surface area (Å²) < 4.78 is 5.51. The molecular weight excluding hydrogens is 228 g/mol. The summed E-state index contributed by atoms with van der Waals surface area (Å²) in [7, 11) is 0. The van der Waals surface area contributed by atoms with E-state index in [1.165, 1.54) is 6.92 Å². The normalized spacial score (nSPS) is 21.3. The fourth-order valence-corrected chi connectivity index (χ4v) is 2.18. The van der Waals surface area contributed by atoms with E-state index in [-0.39, 0.29) is 12.4 Å². The first-order chi connectivity index (χ1) is 8.63. The monoisotopic (exact) mass is 244 g/mol. The van der Waals surface area contributed by atoms with Gasteiger partial charge in [-0.3, -0.25) is 4.79 Å². The first kappa shape index (κ1) is 12.6. The summed E-state index contributed by atoms with van der Waals surface area (Å²) in [5.41, 5.74) is 2.33. The molecule has 1 unspecified atom stereocenters. The highest BCUT2D eigenvalue weighted by Crippen LogP contribution is 2.32. The van der Waals surface area contributed by atoms with Crippen LogP contribution in [0.25, 0.3) is 6.08 Å². The lowest BCUT2D eigenvalue weighted by molar-refractivity contribution is -0.113. The maximum Gasteiger partial charge on any atom is 0.163 e. The van der Waals surface area contributed by atoms with Gasteiger partial charge in [0, 0.05) is 5.57 Å². The molecule has 3 nitrogen and oxygen atoms in total. The molecule has 2 rings (SSSR count). The molecule has 1 aromatic rings. The van der Waals surface area contributed by atoms with Crippen LogP contribution in [0.1, 0.15) is 19.4 Å². The third-order valence-corrected chi connectivity index (χ3v) is 2.95. The lowest BCUT2D eigenvalue weighted by Gasteiger charge is -2.10. The van der Waals surface area contributed by atoms with Gasteiger partial charge >= 0.3 is 0 Å². The van der Waals surface area contributed by atoms with Crippen LogP contribution in [0.4, 0.5) is 0 Å². The number of ether oxygens (including phenoxy) is 1. The Balaban J connectivity index is 2.45. The zero-order chi connectivity index (χ0) is 13.1. The third-order valence-electron chi connectivity index (χ3n) is 2.95. The SMILES string of the molecule is CC(=O)C1=C(C)OC(CO)/C1=C/c1ccccc1. The summed E-state index contributed by atoms with van der Waals surface area (Å²) in [5.74, 6) is 0.550. The summed E-state index contributed by atoms with van der Waals surface area (Å²) in [6, 6.07) is 9.70. The van der Waals surface area contributed by atoms with Crippen molar-refractivity contribution < 1.29 is 14.6 Å². The van der Waals surface area contributed by atoms with E-state index >= 15 is 0 Å². The quantitative estimate of drug-likeness (QED) is 0.887. The molecule has 1 N–H and O–H groups in total. The van der Waals surface area contributed by atoms with Gasteiger partial charge in [0.1, 0.15) is 11.9 Å². The van der Waals surface area contributed by atoms with E-state index in [1.807, 2.05) is 36.4 Å². The molecule has 1 aliphatic heterocycles. The molecule has 0 amide bonds. The standard InChI is InChI=1S/C15H16O3/c1-10(17)15-11(2)18-14(9-16)13(15)8-12-6-4-3-5-7-12/h3-8,14,16H,9H2,1-2H3/b13-8-. The zero-order valence-electron chi connectivity index (χ0n) is 10.5. The topological polar surface area (TPSA) is 46.5 Å². The van der Waals surface area contributed by atoms with Crippen molar-refractivity contribution in [3.8, 4) is 0 Å². The highest BCUT2D eigenvalue weighted by atomic mass is 16.5. The highest BCUT2D eigenvalue weighted by molar-refractivity contribution is 6.00. The summed E-state index contributed by atoms with van der Waals surface area (Å²) >= 11 is 0. The minimum atomic E-state index is -0.441. The van der Waals surface area contributed by atoms with Gasteiger partial charge in [-0.05, 0) is 25.5 Å². The summed E-state index contributed by atoms with van der Waals surface area (Å²) in [4.78, 5) is 11.7. The van der Waals surface area contributed by atoms with Gasteiger partial charge in [0.25, 0.3) is 0 Å². The molecule has 1 aliphatic rings. The Labute approximate surface area is 106 Å². The van der Waals surface area contributed by atoms with E-state index in [2.05, 4.69) is 0 Å².